The van der Waals surface area contributed by atoms with Crippen LogP contribution in [0.15, 0.2) is 84.0 Å². The van der Waals surface area contributed by atoms with E-state index >= 15 is 0 Å². The van der Waals surface area contributed by atoms with Crippen molar-refractivity contribution in [3.05, 3.63) is 90.2 Å². The number of carbonyl (C=O) groups is 2. The van der Waals surface area contributed by atoms with Crippen LogP contribution in [-0.2, 0) is 9.59 Å². The molecule has 2 amide bonds. The third kappa shape index (κ3) is 3.06. The van der Waals surface area contributed by atoms with Crippen LogP contribution in [0.5, 0.6) is 5.75 Å². The van der Waals surface area contributed by atoms with Crippen LogP contribution >= 0.6 is 0 Å². The highest BCUT2D eigenvalue weighted by Gasteiger charge is 2.57. The van der Waals surface area contributed by atoms with Gasteiger partial charge in [0.15, 0.2) is 0 Å². The maximum atomic E-state index is 13.8. The van der Waals surface area contributed by atoms with Crippen LogP contribution in [0, 0.1) is 11.7 Å². The third-order valence-electron chi connectivity index (χ3n) is 5.52. The van der Waals surface area contributed by atoms with E-state index in [1.165, 1.54) is 18.2 Å². The Morgan fingerprint density at radius 2 is 1.58 bits per heavy atom. The van der Waals surface area contributed by atoms with Gasteiger partial charge >= 0.3 is 0 Å². The average Bonchev–Trinajstić information content (AvgIpc) is 3.31. The molecule has 7 heteroatoms. The number of fused-ring (bicyclic) bond motifs is 1. The van der Waals surface area contributed by atoms with Crippen molar-refractivity contribution in [3.63, 3.8) is 0 Å². The summed E-state index contributed by atoms with van der Waals surface area (Å²) in [6.07, 6.45) is 0. The maximum absolute atomic E-state index is 13.8. The van der Waals surface area contributed by atoms with Crippen molar-refractivity contribution >= 4 is 28.9 Å². The number of hydrogen-bond donors (Lipinski definition) is 0. The summed E-state index contributed by atoms with van der Waals surface area (Å²) in [6.45, 7) is 0. The van der Waals surface area contributed by atoms with E-state index in [1.54, 1.807) is 30.3 Å². The summed E-state index contributed by atoms with van der Waals surface area (Å²) < 4.78 is 19.0. The Labute approximate surface area is 178 Å². The lowest BCUT2D eigenvalue weighted by Crippen LogP contribution is -2.39. The van der Waals surface area contributed by atoms with Gasteiger partial charge in [-0.25, -0.2) is 9.29 Å². The molecule has 2 aliphatic heterocycles. The number of benzene rings is 3. The first kappa shape index (κ1) is 19.0. The lowest BCUT2D eigenvalue weighted by Gasteiger charge is -2.22. The van der Waals surface area contributed by atoms with Gasteiger partial charge in [-0.15, -0.1) is 0 Å². The number of amides is 2. The molecule has 0 N–H and O–H groups in total. The van der Waals surface area contributed by atoms with E-state index in [-0.39, 0.29) is 5.69 Å². The second-order valence-corrected chi connectivity index (χ2v) is 7.31. The summed E-state index contributed by atoms with van der Waals surface area (Å²) in [4.78, 5) is 27.9. The van der Waals surface area contributed by atoms with Crippen molar-refractivity contribution in [1.82, 2.24) is 0 Å². The van der Waals surface area contributed by atoms with Crippen molar-refractivity contribution in [2.24, 2.45) is 11.0 Å². The van der Waals surface area contributed by atoms with Crippen LogP contribution in [0.1, 0.15) is 5.56 Å². The smallest absolute Gasteiger partial charge is 0.259 e. The number of nitrogens with zero attached hydrogens (tertiary/aromatic N) is 3. The molecule has 0 bridgehead atoms. The van der Waals surface area contributed by atoms with Gasteiger partial charge in [-0.2, -0.15) is 5.10 Å². The summed E-state index contributed by atoms with van der Waals surface area (Å²) in [5.74, 6) is -1.50. The maximum Gasteiger partial charge on any atom is 0.259 e. The van der Waals surface area contributed by atoms with Gasteiger partial charge in [-0.3, -0.25) is 14.6 Å². The van der Waals surface area contributed by atoms with E-state index in [2.05, 4.69) is 5.10 Å². The largest absolute Gasteiger partial charge is 0.497 e. The molecule has 0 saturated carbocycles. The molecule has 1 saturated heterocycles. The number of methoxy groups -OCH3 is 1. The molecule has 154 valence electrons. The Bertz CT molecular complexity index is 1190. The Kier molecular flexibility index (Phi) is 4.51. The monoisotopic (exact) mass is 415 g/mol. The van der Waals surface area contributed by atoms with Gasteiger partial charge in [0.25, 0.3) is 5.91 Å². The predicted octanol–water partition coefficient (Wildman–Crippen LogP) is 3.62. The molecule has 2 heterocycles. The molecular formula is C24H18FN3O3. The minimum Gasteiger partial charge on any atom is -0.497 e. The Morgan fingerprint density at radius 1 is 0.871 bits per heavy atom. The Balaban J connectivity index is 1.62. The summed E-state index contributed by atoms with van der Waals surface area (Å²) in [5, 5.41) is 6.27. The molecule has 2 atom stereocenters. The quantitative estimate of drug-likeness (QED) is 0.611. The molecule has 2 aliphatic rings. The van der Waals surface area contributed by atoms with Gasteiger partial charge in [0.1, 0.15) is 23.5 Å². The third-order valence-corrected chi connectivity index (χ3v) is 5.52. The zero-order chi connectivity index (χ0) is 21.5. The van der Waals surface area contributed by atoms with Crippen LogP contribution in [0.4, 0.5) is 15.8 Å². The van der Waals surface area contributed by atoms with Gasteiger partial charge < -0.3 is 4.74 Å². The number of para-hydroxylation sites is 1. The van der Waals surface area contributed by atoms with Gasteiger partial charge in [-0.1, -0.05) is 24.3 Å². The molecular weight excluding hydrogens is 397 g/mol. The van der Waals surface area contributed by atoms with Crippen molar-refractivity contribution < 1.29 is 18.7 Å². The summed E-state index contributed by atoms with van der Waals surface area (Å²) in [5.41, 5.74) is 2.12. The van der Waals surface area contributed by atoms with Crippen molar-refractivity contribution in [1.29, 1.82) is 0 Å². The fraction of sp³-hybridized carbons (Fsp3) is 0.125. The first-order chi connectivity index (χ1) is 15.1. The van der Waals surface area contributed by atoms with Gasteiger partial charge in [-0.05, 0) is 60.2 Å². The average molecular weight is 415 g/mol. The lowest BCUT2D eigenvalue weighted by molar-refractivity contribution is -0.121. The van der Waals surface area contributed by atoms with Gasteiger partial charge in [0, 0.05) is 0 Å². The zero-order valence-corrected chi connectivity index (χ0v) is 16.6. The number of anilines is 2. The second kappa shape index (κ2) is 7.36. The van der Waals surface area contributed by atoms with Crippen LogP contribution < -0.4 is 14.6 Å². The molecule has 0 radical (unpaired) electrons. The molecule has 0 aliphatic carbocycles. The Morgan fingerprint density at radius 3 is 2.26 bits per heavy atom. The SMILES string of the molecule is COc1ccc(C2=NN(c3ccccc3)[C@H]3C(=O)N(c4cccc(F)c4)C(=O)[C@H]23)cc1. The summed E-state index contributed by atoms with van der Waals surface area (Å²) in [6, 6.07) is 21.1. The summed E-state index contributed by atoms with van der Waals surface area (Å²) in [7, 11) is 1.57. The fourth-order valence-corrected chi connectivity index (χ4v) is 4.08. The van der Waals surface area contributed by atoms with E-state index in [9.17, 15) is 14.0 Å². The van der Waals surface area contributed by atoms with Crippen LogP contribution in [0.25, 0.3) is 0 Å². The number of hydrazone groups is 1. The van der Waals surface area contributed by atoms with Crippen LogP contribution in [-0.4, -0.2) is 30.7 Å². The minimum absolute atomic E-state index is 0.214. The Hall–Kier alpha value is -4.00. The zero-order valence-electron chi connectivity index (χ0n) is 16.6. The first-order valence-corrected chi connectivity index (χ1v) is 9.79. The van der Waals surface area contributed by atoms with Crippen LogP contribution in [0.2, 0.25) is 0 Å². The van der Waals surface area contributed by atoms with E-state index in [4.69, 9.17) is 4.74 Å². The predicted molar refractivity (Wildman–Crippen MR) is 115 cm³/mol. The fourth-order valence-electron chi connectivity index (χ4n) is 4.08. The van der Waals surface area contributed by atoms with E-state index in [1.807, 2.05) is 42.5 Å². The highest BCUT2D eigenvalue weighted by molar-refractivity contribution is 6.34. The molecule has 0 spiro atoms. The van der Waals surface area contributed by atoms with Gasteiger partial charge in [0.05, 0.1) is 24.2 Å². The molecule has 6 nitrogen and oxygen atoms in total. The number of ether oxygens (including phenoxy) is 1. The van der Waals surface area contributed by atoms with E-state index < -0.39 is 29.6 Å². The topological polar surface area (TPSA) is 62.2 Å². The molecule has 1 fully saturated rings. The van der Waals surface area contributed by atoms with E-state index in [0.717, 1.165) is 10.5 Å². The minimum atomic E-state index is -0.838. The standard InChI is InChI=1S/C24H18FN3O3/c1-31-19-12-10-15(11-13-19)21-20-22(28(26-21)17-7-3-2-4-8-17)24(30)27(23(20)29)18-9-5-6-16(25)14-18/h2-14,20,22H,1H3/t20-,22-/m1/s1. The van der Waals surface area contributed by atoms with E-state index in [0.29, 0.717) is 17.1 Å². The molecule has 31 heavy (non-hydrogen) atoms. The highest BCUT2D eigenvalue weighted by Crippen LogP contribution is 2.39. The number of carbonyl (C=O) groups excluding carboxylic acids is 2. The normalized spacial score (nSPS) is 20.1. The lowest BCUT2D eigenvalue weighted by atomic mass is 9.93. The highest BCUT2D eigenvalue weighted by atomic mass is 19.1. The molecule has 3 aromatic carbocycles. The van der Waals surface area contributed by atoms with Crippen molar-refractivity contribution in [2.75, 3.05) is 17.0 Å². The second-order valence-electron chi connectivity index (χ2n) is 7.31. The number of halogens is 1. The summed E-state index contributed by atoms with van der Waals surface area (Å²) >= 11 is 0. The van der Waals surface area contributed by atoms with Gasteiger partial charge in [0.2, 0.25) is 5.91 Å². The van der Waals surface area contributed by atoms with Crippen molar-refractivity contribution in [3.8, 4) is 5.75 Å². The molecule has 3 aromatic rings. The number of rotatable bonds is 4. The molecule has 5 rings (SSSR count). The van der Waals surface area contributed by atoms with Crippen LogP contribution in [0.3, 0.4) is 0 Å². The number of imide groups is 1. The molecule has 0 aromatic heterocycles. The van der Waals surface area contributed by atoms with Crippen molar-refractivity contribution in [2.45, 2.75) is 6.04 Å². The molecule has 0 unspecified atom stereocenters. The first-order valence-electron chi connectivity index (χ1n) is 9.79. The number of hydrogen-bond acceptors (Lipinski definition) is 5.